The van der Waals surface area contributed by atoms with Crippen molar-refractivity contribution in [3.05, 3.63) is 35.4 Å². The maximum absolute atomic E-state index is 12.5. The molecule has 1 heterocycles. The molecule has 25 heavy (non-hydrogen) atoms. The van der Waals surface area contributed by atoms with Crippen molar-refractivity contribution in [2.24, 2.45) is 0 Å². The third-order valence-corrected chi connectivity index (χ3v) is 4.35. The van der Waals surface area contributed by atoms with Gasteiger partial charge in [-0.1, -0.05) is 38.0 Å². The monoisotopic (exact) mass is 349 g/mol. The Morgan fingerprint density at radius 1 is 1.32 bits per heavy atom. The summed E-state index contributed by atoms with van der Waals surface area (Å²) in [6.45, 7) is 3.72. The Labute approximate surface area is 148 Å². The number of unbranched alkanes of at least 4 members (excludes halogenated alkanes) is 1. The van der Waals surface area contributed by atoms with Gasteiger partial charge in [-0.05, 0) is 30.9 Å². The number of hydrogen-bond acceptors (Lipinski definition) is 4. The Kier molecular flexibility index (Phi) is 7.88. The van der Waals surface area contributed by atoms with Crippen LogP contribution in [0.3, 0.4) is 0 Å². The second-order valence-electron chi connectivity index (χ2n) is 6.29. The molecule has 1 aliphatic heterocycles. The molecule has 2 N–H and O–H groups in total. The number of carboxylic acids is 1. The number of benzene rings is 1. The van der Waals surface area contributed by atoms with E-state index in [0.717, 1.165) is 31.2 Å². The van der Waals surface area contributed by atoms with E-state index in [-0.39, 0.29) is 12.0 Å². The molecule has 0 spiro atoms. The zero-order valence-corrected chi connectivity index (χ0v) is 14.7. The Balaban J connectivity index is 1.99. The smallest absolute Gasteiger partial charge is 0.326 e. The molecular weight excluding hydrogens is 322 g/mol. The fourth-order valence-corrected chi connectivity index (χ4v) is 2.82. The predicted molar refractivity (Wildman–Crippen MR) is 93.5 cm³/mol. The van der Waals surface area contributed by atoms with Crippen LogP contribution in [0.5, 0.6) is 0 Å². The molecule has 6 nitrogen and oxygen atoms in total. The van der Waals surface area contributed by atoms with Crippen LogP contribution in [0.1, 0.15) is 54.9 Å². The number of amides is 1. The van der Waals surface area contributed by atoms with Gasteiger partial charge >= 0.3 is 5.97 Å². The Bertz CT molecular complexity index is 569. The molecule has 0 aliphatic carbocycles. The fourth-order valence-electron chi connectivity index (χ4n) is 2.82. The van der Waals surface area contributed by atoms with Crippen LogP contribution in [0, 0.1) is 0 Å². The first-order valence-electron chi connectivity index (χ1n) is 8.92. The Morgan fingerprint density at radius 3 is 2.72 bits per heavy atom. The number of hydrogen-bond donors (Lipinski definition) is 2. The van der Waals surface area contributed by atoms with Gasteiger partial charge in [-0.25, -0.2) is 4.79 Å². The summed E-state index contributed by atoms with van der Waals surface area (Å²) in [5.74, 6) is -1.37. The largest absolute Gasteiger partial charge is 0.480 e. The molecule has 1 atom stereocenters. The second-order valence-corrected chi connectivity index (χ2v) is 6.29. The minimum Gasteiger partial charge on any atom is -0.480 e. The molecule has 1 saturated heterocycles. The first-order chi connectivity index (χ1) is 12.1. The molecular formula is C19H27NO5. The first-order valence-corrected chi connectivity index (χ1v) is 8.92. The van der Waals surface area contributed by atoms with E-state index in [1.165, 1.54) is 0 Å². The minimum absolute atomic E-state index is 0.140. The average Bonchev–Trinajstić information content (AvgIpc) is 2.64. The normalized spacial score (nSPS) is 16.4. The van der Waals surface area contributed by atoms with Gasteiger partial charge < -0.3 is 19.9 Å². The van der Waals surface area contributed by atoms with E-state index in [0.29, 0.717) is 31.8 Å². The number of carboxylic acid groups (broad SMARTS) is 1. The van der Waals surface area contributed by atoms with Gasteiger partial charge in [-0.2, -0.15) is 0 Å². The van der Waals surface area contributed by atoms with Gasteiger partial charge in [-0.3, -0.25) is 4.79 Å². The van der Waals surface area contributed by atoms with Crippen LogP contribution in [0.25, 0.3) is 0 Å². The predicted octanol–water partition coefficient (Wildman–Crippen LogP) is 2.76. The maximum Gasteiger partial charge on any atom is 0.326 e. The van der Waals surface area contributed by atoms with Gasteiger partial charge in [0.2, 0.25) is 0 Å². The van der Waals surface area contributed by atoms with Gasteiger partial charge in [-0.15, -0.1) is 0 Å². The molecule has 2 rings (SSSR count). The van der Waals surface area contributed by atoms with Crippen LogP contribution in [0.2, 0.25) is 0 Å². The molecule has 1 aromatic carbocycles. The number of aliphatic carboxylic acids is 1. The maximum atomic E-state index is 12.5. The van der Waals surface area contributed by atoms with Gasteiger partial charge in [0.05, 0.1) is 12.7 Å². The standard InChI is InChI=1S/C19H27NO5/c1-2-3-8-17(19(22)23)20-18(21)16-7-5-4-6-14(16)13-25-15-9-11-24-12-10-15/h4-7,15,17H,2-3,8-13H2,1H3,(H,20,21)(H,22,23)/t17-/m0/s1. The van der Waals surface area contributed by atoms with Crippen LogP contribution >= 0.6 is 0 Å². The molecule has 0 aromatic heterocycles. The highest BCUT2D eigenvalue weighted by Gasteiger charge is 2.22. The fraction of sp³-hybridized carbons (Fsp3) is 0.579. The quantitative estimate of drug-likeness (QED) is 0.716. The zero-order valence-electron chi connectivity index (χ0n) is 14.7. The summed E-state index contributed by atoms with van der Waals surface area (Å²) in [5.41, 5.74) is 1.24. The second kappa shape index (κ2) is 10.2. The number of rotatable bonds is 9. The third-order valence-electron chi connectivity index (χ3n) is 4.35. The van der Waals surface area contributed by atoms with Crippen LogP contribution < -0.4 is 5.32 Å². The lowest BCUT2D eigenvalue weighted by molar-refractivity contribution is -0.139. The van der Waals surface area contributed by atoms with Crippen molar-refractivity contribution < 1.29 is 24.2 Å². The van der Waals surface area contributed by atoms with Gasteiger partial charge in [0.25, 0.3) is 5.91 Å². The van der Waals surface area contributed by atoms with Crippen molar-refractivity contribution in [2.45, 2.75) is 57.8 Å². The van der Waals surface area contributed by atoms with E-state index in [9.17, 15) is 14.7 Å². The number of nitrogens with one attached hydrogen (secondary N) is 1. The molecule has 1 aliphatic rings. The van der Waals surface area contributed by atoms with Gasteiger partial charge in [0.1, 0.15) is 6.04 Å². The Morgan fingerprint density at radius 2 is 2.04 bits per heavy atom. The highest BCUT2D eigenvalue weighted by atomic mass is 16.5. The summed E-state index contributed by atoms with van der Waals surface area (Å²) >= 11 is 0. The van der Waals surface area contributed by atoms with Crippen molar-refractivity contribution in [1.29, 1.82) is 0 Å². The summed E-state index contributed by atoms with van der Waals surface area (Å²) in [7, 11) is 0. The van der Waals surface area contributed by atoms with Gasteiger partial charge in [0.15, 0.2) is 0 Å². The van der Waals surface area contributed by atoms with Crippen LogP contribution in [0.15, 0.2) is 24.3 Å². The summed E-state index contributed by atoms with van der Waals surface area (Å²) in [6, 6.07) is 6.31. The average molecular weight is 349 g/mol. The molecule has 0 saturated carbocycles. The summed E-state index contributed by atoms with van der Waals surface area (Å²) in [5, 5.41) is 11.9. The van der Waals surface area contributed by atoms with Crippen molar-refractivity contribution in [1.82, 2.24) is 5.32 Å². The molecule has 1 amide bonds. The van der Waals surface area contributed by atoms with E-state index in [2.05, 4.69) is 5.32 Å². The van der Waals surface area contributed by atoms with E-state index >= 15 is 0 Å². The Hall–Kier alpha value is -1.92. The van der Waals surface area contributed by atoms with Crippen molar-refractivity contribution >= 4 is 11.9 Å². The molecule has 0 unspecified atom stereocenters. The summed E-state index contributed by atoms with van der Waals surface area (Å²) in [6.07, 6.45) is 3.92. The molecule has 1 aromatic rings. The van der Waals surface area contributed by atoms with Crippen molar-refractivity contribution in [3.63, 3.8) is 0 Å². The van der Waals surface area contributed by atoms with E-state index < -0.39 is 12.0 Å². The van der Waals surface area contributed by atoms with Crippen molar-refractivity contribution in [3.8, 4) is 0 Å². The zero-order chi connectivity index (χ0) is 18.1. The van der Waals surface area contributed by atoms with Crippen LogP contribution in [-0.2, 0) is 20.9 Å². The lowest BCUT2D eigenvalue weighted by atomic mass is 10.1. The molecule has 0 bridgehead atoms. The summed E-state index contributed by atoms with van der Waals surface area (Å²) in [4.78, 5) is 23.9. The van der Waals surface area contributed by atoms with E-state index in [1.807, 2.05) is 19.1 Å². The van der Waals surface area contributed by atoms with Crippen molar-refractivity contribution in [2.75, 3.05) is 13.2 Å². The number of carbonyl (C=O) groups excluding carboxylic acids is 1. The first kappa shape index (κ1) is 19.4. The summed E-state index contributed by atoms with van der Waals surface area (Å²) < 4.78 is 11.2. The molecule has 1 fully saturated rings. The van der Waals surface area contributed by atoms with E-state index in [4.69, 9.17) is 9.47 Å². The van der Waals surface area contributed by atoms with E-state index in [1.54, 1.807) is 12.1 Å². The molecule has 0 radical (unpaired) electrons. The van der Waals surface area contributed by atoms with Crippen LogP contribution in [0.4, 0.5) is 0 Å². The SMILES string of the molecule is CCCC[C@H](NC(=O)c1ccccc1COC1CCOCC1)C(=O)O. The number of carbonyl (C=O) groups is 2. The van der Waals surface area contributed by atoms with Crippen LogP contribution in [-0.4, -0.2) is 42.3 Å². The minimum atomic E-state index is -1.00. The lowest BCUT2D eigenvalue weighted by Crippen LogP contribution is -2.41. The highest BCUT2D eigenvalue weighted by molar-refractivity contribution is 5.97. The van der Waals surface area contributed by atoms with Gasteiger partial charge in [0, 0.05) is 18.8 Å². The highest BCUT2D eigenvalue weighted by Crippen LogP contribution is 2.16. The number of ether oxygens (including phenoxy) is 2. The molecule has 138 valence electrons. The lowest BCUT2D eigenvalue weighted by Gasteiger charge is -2.23. The molecule has 6 heteroatoms. The topological polar surface area (TPSA) is 84.9 Å². The third kappa shape index (κ3) is 6.14.